The second kappa shape index (κ2) is 5.49. The largest absolute Gasteiger partial charge is 0.378 e. The predicted molar refractivity (Wildman–Crippen MR) is 86.5 cm³/mol. The third-order valence-electron chi connectivity index (χ3n) is 4.04. The Hall–Kier alpha value is -1.47. The van der Waals surface area contributed by atoms with E-state index in [4.69, 9.17) is 11.6 Å². The molecule has 1 fully saturated rings. The number of aryl methyl sites for hydroxylation is 2. The Labute approximate surface area is 126 Å². The molecule has 1 aliphatic rings. The first kappa shape index (κ1) is 13.5. The molecule has 2 aromatic rings. The monoisotopic (exact) mass is 285 g/mol. The number of anilines is 1. The van der Waals surface area contributed by atoms with Crippen LogP contribution in [0.5, 0.6) is 0 Å². The maximum absolute atomic E-state index is 6.12. The van der Waals surface area contributed by atoms with E-state index < -0.39 is 0 Å². The summed E-state index contributed by atoms with van der Waals surface area (Å²) >= 11 is 6.12. The summed E-state index contributed by atoms with van der Waals surface area (Å²) in [6, 6.07) is 15.3. The molecule has 1 saturated carbocycles. The number of hydrogen-bond donors (Lipinski definition) is 1. The summed E-state index contributed by atoms with van der Waals surface area (Å²) in [5, 5.41) is 4.49. The summed E-state index contributed by atoms with van der Waals surface area (Å²) in [7, 11) is 0. The van der Waals surface area contributed by atoms with Crippen LogP contribution in [0.4, 0.5) is 5.69 Å². The van der Waals surface area contributed by atoms with Gasteiger partial charge in [0.1, 0.15) is 0 Å². The maximum Gasteiger partial charge on any atom is 0.0542 e. The molecule has 0 aromatic heterocycles. The Balaban J connectivity index is 1.88. The highest BCUT2D eigenvalue weighted by atomic mass is 35.5. The predicted octanol–water partition coefficient (Wildman–Crippen LogP) is 5.52. The van der Waals surface area contributed by atoms with Crippen LogP contribution < -0.4 is 5.32 Å². The molecule has 1 atom stereocenters. The highest BCUT2D eigenvalue weighted by molar-refractivity contribution is 6.30. The van der Waals surface area contributed by atoms with Crippen molar-refractivity contribution in [3.05, 3.63) is 64.2 Å². The highest BCUT2D eigenvalue weighted by Crippen LogP contribution is 2.43. The number of rotatable bonds is 4. The van der Waals surface area contributed by atoms with E-state index in [1.54, 1.807) is 0 Å². The molecule has 0 amide bonds. The molecule has 0 heterocycles. The van der Waals surface area contributed by atoms with Gasteiger partial charge in [-0.1, -0.05) is 47.5 Å². The number of halogens is 1. The maximum atomic E-state index is 6.12. The molecule has 2 heteroatoms. The van der Waals surface area contributed by atoms with Crippen molar-refractivity contribution in [2.45, 2.75) is 32.7 Å². The SMILES string of the molecule is Cc1ccc(C(Nc2cc(Cl)ccc2C)C2CC2)cc1. The average Bonchev–Trinajstić information content (AvgIpc) is 3.25. The van der Waals surface area contributed by atoms with Gasteiger partial charge in [-0.25, -0.2) is 0 Å². The van der Waals surface area contributed by atoms with Crippen molar-refractivity contribution in [2.75, 3.05) is 5.32 Å². The van der Waals surface area contributed by atoms with Crippen LogP contribution in [-0.2, 0) is 0 Å². The molecule has 3 rings (SSSR count). The molecule has 0 bridgehead atoms. The molecule has 0 spiro atoms. The molecule has 1 N–H and O–H groups in total. The molecule has 20 heavy (non-hydrogen) atoms. The second-order valence-electron chi connectivity index (χ2n) is 5.83. The summed E-state index contributed by atoms with van der Waals surface area (Å²) in [5.74, 6) is 0.746. The van der Waals surface area contributed by atoms with Gasteiger partial charge in [0.05, 0.1) is 6.04 Å². The topological polar surface area (TPSA) is 12.0 Å². The van der Waals surface area contributed by atoms with Gasteiger partial charge in [0.15, 0.2) is 0 Å². The minimum Gasteiger partial charge on any atom is -0.378 e. The van der Waals surface area contributed by atoms with E-state index in [2.05, 4.69) is 49.5 Å². The van der Waals surface area contributed by atoms with E-state index >= 15 is 0 Å². The van der Waals surface area contributed by atoms with Crippen molar-refractivity contribution in [3.63, 3.8) is 0 Å². The summed E-state index contributed by atoms with van der Waals surface area (Å²) in [4.78, 5) is 0. The Bertz CT molecular complexity index is 599. The van der Waals surface area contributed by atoms with Crippen molar-refractivity contribution in [2.24, 2.45) is 5.92 Å². The number of benzene rings is 2. The minimum atomic E-state index is 0.396. The van der Waals surface area contributed by atoms with Crippen molar-refractivity contribution in [3.8, 4) is 0 Å². The standard InChI is InChI=1S/C18H20ClN/c1-12-3-6-14(7-4-12)18(15-8-9-15)20-17-11-16(19)10-5-13(17)2/h3-7,10-11,15,18,20H,8-9H2,1-2H3. The molecular formula is C18H20ClN. The average molecular weight is 286 g/mol. The van der Waals surface area contributed by atoms with Crippen molar-refractivity contribution < 1.29 is 0 Å². The normalized spacial score (nSPS) is 15.9. The lowest BCUT2D eigenvalue weighted by atomic mass is 10.00. The van der Waals surface area contributed by atoms with Crippen LogP contribution >= 0.6 is 11.6 Å². The van der Waals surface area contributed by atoms with Crippen LogP contribution in [-0.4, -0.2) is 0 Å². The van der Waals surface area contributed by atoms with Gasteiger partial charge >= 0.3 is 0 Å². The summed E-state index contributed by atoms with van der Waals surface area (Å²) in [6.45, 7) is 4.25. The quantitative estimate of drug-likeness (QED) is 0.780. The van der Waals surface area contributed by atoms with E-state index in [0.717, 1.165) is 16.6 Å². The molecule has 0 radical (unpaired) electrons. The molecule has 0 aliphatic heterocycles. The van der Waals surface area contributed by atoms with Gasteiger partial charge in [-0.15, -0.1) is 0 Å². The van der Waals surface area contributed by atoms with E-state index in [-0.39, 0.29) is 0 Å². The van der Waals surface area contributed by atoms with Crippen LogP contribution in [0.15, 0.2) is 42.5 Å². The third kappa shape index (κ3) is 2.99. The Morgan fingerprint density at radius 1 is 1.05 bits per heavy atom. The summed E-state index contributed by atoms with van der Waals surface area (Å²) in [5.41, 5.74) is 5.07. The zero-order valence-corrected chi connectivity index (χ0v) is 12.7. The molecule has 1 unspecified atom stereocenters. The molecule has 1 nitrogen and oxygen atoms in total. The van der Waals surface area contributed by atoms with Gasteiger partial charge in [-0.3, -0.25) is 0 Å². The Morgan fingerprint density at radius 2 is 1.75 bits per heavy atom. The van der Waals surface area contributed by atoms with Crippen LogP contribution in [0.1, 0.15) is 35.6 Å². The Morgan fingerprint density at radius 3 is 2.40 bits per heavy atom. The van der Waals surface area contributed by atoms with Gasteiger partial charge in [0, 0.05) is 10.7 Å². The lowest BCUT2D eigenvalue weighted by Crippen LogP contribution is -2.13. The summed E-state index contributed by atoms with van der Waals surface area (Å²) < 4.78 is 0. The lowest BCUT2D eigenvalue weighted by Gasteiger charge is -2.22. The third-order valence-corrected chi connectivity index (χ3v) is 4.28. The number of nitrogens with one attached hydrogen (secondary N) is 1. The molecular weight excluding hydrogens is 266 g/mol. The number of hydrogen-bond acceptors (Lipinski definition) is 1. The first-order chi connectivity index (χ1) is 9.63. The lowest BCUT2D eigenvalue weighted by molar-refractivity contribution is 0.678. The first-order valence-electron chi connectivity index (χ1n) is 7.23. The van der Waals surface area contributed by atoms with Crippen LogP contribution in [0.3, 0.4) is 0 Å². The van der Waals surface area contributed by atoms with E-state index in [1.165, 1.54) is 29.5 Å². The molecule has 104 valence electrons. The van der Waals surface area contributed by atoms with Crippen molar-refractivity contribution in [1.82, 2.24) is 0 Å². The smallest absolute Gasteiger partial charge is 0.0542 e. The van der Waals surface area contributed by atoms with Gasteiger partial charge < -0.3 is 5.32 Å². The van der Waals surface area contributed by atoms with Crippen molar-refractivity contribution >= 4 is 17.3 Å². The van der Waals surface area contributed by atoms with Gasteiger partial charge in [-0.05, 0) is 55.9 Å². The summed E-state index contributed by atoms with van der Waals surface area (Å²) in [6.07, 6.45) is 2.62. The van der Waals surface area contributed by atoms with E-state index in [9.17, 15) is 0 Å². The van der Waals surface area contributed by atoms with Crippen molar-refractivity contribution in [1.29, 1.82) is 0 Å². The van der Waals surface area contributed by atoms with E-state index in [0.29, 0.717) is 6.04 Å². The van der Waals surface area contributed by atoms with Crippen LogP contribution in [0.2, 0.25) is 5.02 Å². The van der Waals surface area contributed by atoms with Crippen LogP contribution in [0.25, 0.3) is 0 Å². The zero-order valence-electron chi connectivity index (χ0n) is 12.0. The highest BCUT2D eigenvalue weighted by Gasteiger charge is 2.32. The van der Waals surface area contributed by atoms with Crippen LogP contribution in [0, 0.1) is 19.8 Å². The minimum absolute atomic E-state index is 0.396. The van der Waals surface area contributed by atoms with Gasteiger partial charge in [0.25, 0.3) is 0 Å². The zero-order chi connectivity index (χ0) is 14.1. The van der Waals surface area contributed by atoms with E-state index in [1.807, 2.05) is 12.1 Å². The van der Waals surface area contributed by atoms with Gasteiger partial charge in [-0.2, -0.15) is 0 Å². The molecule has 1 aliphatic carbocycles. The fraction of sp³-hybridized carbons (Fsp3) is 0.333. The van der Waals surface area contributed by atoms with Gasteiger partial charge in [0.2, 0.25) is 0 Å². The fourth-order valence-electron chi connectivity index (χ4n) is 2.59. The molecule has 0 saturated heterocycles. The fourth-order valence-corrected chi connectivity index (χ4v) is 2.77. The molecule has 2 aromatic carbocycles. The Kier molecular flexibility index (Phi) is 3.71. The first-order valence-corrected chi connectivity index (χ1v) is 7.60. The second-order valence-corrected chi connectivity index (χ2v) is 6.27.